The van der Waals surface area contributed by atoms with Crippen molar-refractivity contribution in [2.24, 2.45) is 5.92 Å². The lowest BCUT2D eigenvalue weighted by Gasteiger charge is -2.17. The zero-order valence-corrected chi connectivity index (χ0v) is 15.4. The molecule has 0 spiro atoms. The van der Waals surface area contributed by atoms with E-state index in [0.717, 1.165) is 15.7 Å². The molecule has 4 nitrogen and oxygen atoms in total. The van der Waals surface area contributed by atoms with Gasteiger partial charge in [0.25, 0.3) is 0 Å². The summed E-state index contributed by atoms with van der Waals surface area (Å²) >= 11 is 9.54. The molecule has 1 N–H and O–H groups in total. The Kier molecular flexibility index (Phi) is 4.92. The van der Waals surface area contributed by atoms with Crippen LogP contribution >= 0.6 is 27.5 Å². The molecule has 1 aliphatic heterocycles. The van der Waals surface area contributed by atoms with Crippen molar-refractivity contribution in [1.82, 2.24) is 0 Å². The number of aryl methyl sites for hydroxylation is 1. The van der Waals surface area contributed by atoms with E-state index in [9.17, 15) is 9.59 Å². The molecule has 1 fully saturated rings. The Labute approximate surface area is 153 Å². The van der Waals surface area contributed by atoms with Gasteiger partial charge in [-0.3, -0.25) is 9.59 Å². The highest BCUT2D eigenvalue weighted by Crippen LogP contribution is 2.30. The van der Waals surface area contributed by atoms with Gasteiger partial charge in [-0.25, -0.2) is 0 Å². The molecule has 2 aromatic carbocycles. The normalized spacial score (nSPS) is 17.2. The van der Waals surface area contributed by atoms with Gasteiger partial charge in [0.05, 0.1) is 11.6 Å². The van der Waals surface area contributed by atoms with E-state index in [-0.39, 0.29) is 24.2 Å². The Morgan fingerprint density at radius 3 is 2.75 bits per heavy atom. The summed E-state index contributed by atoms with van der Waals surface area (Å²) in [4.78, 5) is 26.4. The SMILES string of the molecule is Cc1ccc(N2C[C@@H](C(=O)Nc3ccccc3Br)CC2=O)cc1Cl. The van der Waals surface area contributed by atoms with Crippen molar-refractivity contribution in [2.45, 2.75) is 13.3 Å². The molecule has 0 bridgehead atoms. The van der Waals surface area contributed by atoms with E-state index in [1.807, 2.05) is 43.3 Å². The molecule has 24 heavy (non-hydrogen) atoms. The minimum atomic E-state index is -0.385. The Bertz CT molecular complexity index is 809. The molecule has 1 aliphatic rings. The van der Waals surface area contributed by atoms with Crippen molar-refractivity contribution < 1.29 is 9.59 Å². The lowest BCUT2D eigenvalue weighted by molar-refractivity contribution is -0.122. The highest BCUT2D eigenvalue weighted by Gasteiger charge is 2.35. The first-order valence-corrected chi connectivity index (χ1v) is 8.74. The van der Waals surface area contributed by atoms with Gasteiger partial charge in [-0.05, 0) is 52.7 Å². The van der Waals surface area contributed by atoms with Crippen molar-refractivity contribution in [3.05, 3.63) is 57.5 Å². The molecule has 1 heterocycles. The minimum absolute atomic E-state index is 0.0674. The fraction of sp³-hybridized carbons (Fsp3) is 0.222. The topological polar surface area (TPSA) is 49.4 Å². The number of rotatable bonds is 3. The molecular weight excluding hydrogens is 392 g/mol. The largest absolute Gasteiger partial charge is 0.325 e. The third-order valence-electron chi connectivity index (χ3n) is 4.09. The van der Waals surface area contributed by atoms with Crippen LogP contribution in [0.5, 0.6) is 0 Å². The van der Waals surface area contributed by atoms with Crippen LogP contribution in [0.25, 0.3) is 0 Å². The van der Waals surface area contributed by atoms with E-state index in [1.54, 1.807) is 11.0 Å². The molecule has 2 aromatic rings. The Balaban J connectivity index is 1.73. The molecule has 2 amide bonds. The molecule has 0 unspecified atom stereocenters. The molecule has 0 aromatic heterocycles. The van der Waals surface area contributed by atoms with Crippen LogP contribution < -0.4 is 10.2 Å². The van der Waals surface area contributed by atoms with Crippen molar-refractivity contribution >= 4 is 50.7 Å². The van der Waals surface area contributed by atoms with Crippen LogP contribution in [0.3, 0.4) is 0 Å². The van der Waals surface area contributed by atoms with Crippen LogP contribution in [-0.4, -0.2) is 18.4 Å². The van der Waals surface area contributed by atoms with Gasteiger partial charge >= 0.3 is 0 Å². The van der Waals surface area contributed by atoms with E-state index in [2.05, 4.69) is 21.2 Å². The summed E-state index contributed by atoms with van der Waals surface area (Å²) in [7, 11) is 0. The summed E-state index contributed by atoms with van der Waals surface area (Å²) < 4.78 is 0.810. The second-order valence-corrected chi connectivity index (χ2v) is 7.07. The molecular formula is C18H16BrClN2O2. The quantitative estimate of drug-likeness (QED) is 0.819. The summed E-state index contributed by atoms with van der Waals surface area (Å²) in [6, 6.07) is 12.9. The first-order chi connectivity index (χ1) is 11.5. The lowest BCUT2D eigenvalue weighted by Crippen LogP contribution is -2.28. The van der Waals surface area contributed by atoms with Crippen LogP contribution in [0.4, 0.5) is 11.4 Å². The van der Waals surface area contributed by atoms with Gasteiger partial charge in [0.2, 0.25) is 11.8 Å². The number of amides is 2. The minimum Gasteiger partial charge on any atom is -0.325 e. The maximum Gasteiger partial charge on any atom is 0.229 e. The van der Waals surface area contributed by atoms with E-state index in [4.69, 9.17) is 11.6 Å². The fourth-order valence-electron chi connectivity index (χ4n) is 2.68. The number of carbonyl (C=O) groups excluding carboxylic acids is 2. The molecule has 0 aliphatic carbocycles. The predicted molar refractivity (Wildman–Crippen MR) is 99.4 cm³/mol. The third kappa shape index (κ3) is 3.47. The number of hydrogen-bond acceptors (Lipinski definition) is 2. The molecule has 1 saturated heterocycles. The van der Waals surface area contributed by atoms with Crippen LogP contribution in [0, 0.1) is 12.8 Å². The van der Waals surface area contributed by atoms with Gasteiger partial charge in [-0.2, -0.15) is 0 Å². The van der Waals surface area contributed by atoms with Gasteiger partial charge in [0.15, 0.2) is 0 Å². The number of halogens is 2. The van der Waals surface area contributed by atoms with Gasteiger partial charge in [0.1, 0.15) is 0 Å². The Morgan fingerprint density at radius 2 is 2.04 bits per heavy atom. The number of anilines is 2. The van der Waals surface area contributed by atoms with E-state index < -0.39 is 0 Å². The number of benzene rings is 2. The predicted octanol–water partition coefficient (Wildman–Crippen LogP) is 4.40. The molecule has 1 atom stereocenters. The zero-order valence-electron chi connectivity index (χ0n) is 13.1. The Hall–Kier alpha value is -1.85. The lowest BCUT2D eigenvalue weighted by atomic mass is 10.1. The number of hydrogen-bond donors (Lipinski definition) is 1. The highest BCUT2D eigenvalue weighted by atomic mass is 79.9. The summed E-state index contributed by atoms with van der Waals surface area (Å²) in [5, 5.41) is 3.49. The summed E-state index contributed by atoms with van der Waals surface area (Å²) in [5.41, 5.74) is 2.38. The zero-order chi connectivity index (χ0) is 17.3. The van der Waals surface area contributed by atoms with E-state index in [1.165, 1.54) is 0 Å². The standard InChI is InChI=1S/C18H16BrClN2O2/c1-11-6-7-13(9-15(11)20)22-10-12(8-17(22)23)18(24)21-16-5-3-2-4-14(16)19/h2-7,9,12H,8,10H2,1H3,(H,21,24)/t12-/m0/s1. The van der Waals surface area contributed by atoms with Crippen molar-refractivity contribution in [1.29, 1.82) is 0 Å². The monoisotopic (exact) mass is 406 g/mol. The van der Waals surface area contributed by atoms with Crippen molar-refractivity contribution in [3.63, 3.8) is 0 Å². The Morgan fingerprint density at radius 1 is 1.29 bits per heavy atom. The van der Waals surface area contributed by atoms with Crippen LogP contribution in [0.1, 0.15) is 12.0 Å². The molecule has 0 radical (unpaired) electrons. The smallest absolute Gasteiger partial charge is 0.229 e. The van der Waals surface area contributed by atoms with E-state index in [0.29, 0.717) is 17.3 Å². The van der Waals surface area contributed by atoms with Crippen LogP contribution in [-0.2, 0) is 9.59 Å². The van der Waals surface area contributed by atoms with Crippen LogP contribution in [0.15, 0.2) is 46.9 Å². The summed E-state index contributed by atoms with van der Waals surface area (Å²) in [5.74, 6) is -0.608. The van der Waals surface area contributed by atoms with Crippen LogP contribution in [0.2, 0.25) is 5.02 Å². The van der Waals surface area contributed by atoms with Gasteiger partial charge in [-0.1, -0.05) is 29.8 Å². The van der Waals surface area contributed by atoms with Crippen molar-refractivity contribution in [3.8, 4) is 0 Å². The maximum absolute atomic E-state index is 12.5. The first kappa shape index (κ1) is 17.0. The molecule has 6 heteroatoms. The van der Waals surface area contributed by atoms with Crippen molar-refractivity contribution in [2.75, 3.05) is 16.8 Å². The molecule has 0 saturated carbocycles. The number of carbonyl (C=O) groups is 2. The second kappa shape index (κ2) is 6.95. The first-order valence-electron chi connectivity index (χ1n) is 7.57. The maximum atomic E-state index is 12.5. The molecule has 3 rings (SSSR count). The second-order valence-electron chi connectivity index (χ2n) is 5.81. The van der Waals surface area contributed by atoms with Gasteiger partial charge in [-0.15, -0.1) is 0 Å². The van der Waals surface area contributed by atoms with Gasteiger partial charge in [0, 0.05) is 28.1 Å². The average Bonchev–Trinajstić information content (AvgIpc) is 2.94. The highest BCUT2D eigenvalue weighted by molar-refractivity contribution is 9.10. The molecule has 124 valence electrons. The number of nitrogens with one attached hydrogen (secondary N) is 1. The van der Waals surface area contributed by atoms with Gasteiger partial charge < -0.3 is 10.2 Å². The fourth-order valence-corrected chi connectivity index (χ4v) is 3.24. The third-order valence-corrected chi connectivity index (χ3v) is 5.19. The number of nitrogens with zero attached hydrogens (tertiary/aromatic N) is 1. The number of para-hydroxylation sites is 1. The average molecular weight is 408 g/mol. The summed E-state index contributed by atoms with van der Waals surface area (Å²) in [6.45, 7) is 2.26. The summed E-state index contributed by atoms with van der Waals surface area (Å²) in [6.07, 6.45) is 0.196. The van der Waals surface area contributed by atoms with E-state index >= 15 is 0 Å².